The average Bonchev–Trinajstić information content (AvgIpc) is 3.58. The molecule has 1 N–H and O–H groups in total. The number of rotatable bonds is 7. The van der Waals surface area contributed by atoms with E-state index in [4.69, 9.17) is 9.47 Å². The summed E-state index contributed by atoms with van der Waals surface area (Å²) in [5, 5.41) is 31.1. The molecule has 0 saturated carbocycles. The number of ether oxygens (including phenoxy) is 2. The number of nitro groups is 1. The van der Waals surface area contributed by atoms with Gasteiger partial charge >= 0.3 is 5.91 Å². The number of benzene rings is 3. The molecule has 1 unspecified atom stereocenters. The van der Waals surface area contributed by atoms with E-state index in [0.717, 1.165) is 21.8 Å². The largest absolute Gasteiger partial charge is 0.507 e. The molecule has 6 rings (SSSR count). The van der Waals surface area contributed by atoms with Gasteiger partial charge in [-0.2, -0.15) is 0 Å². The Kier molecular flexibility index (Phi) is 7.31. The first-order chi connectivity index (χ1) is 20.3. The lowest BCUT2D eigenvalue weighted by atomic mass is 9.95. The monoisotopic (exact) mass is 606 g/mol. The first kappa shape index (κ1) is 27.4. The number of hydrogen-bond donors (Lipinski definition) is 1. The van der Waals surface area contributed by atoms with E-state index in [1.807, 2.05) is 0 Å². The molecule has 0 aliphatic carbocycles. The van der Waals surface area contributed by atoms with Gasteiger partial charge in [-0.1, -0.05) is 35.2 Å². The van der Waals surface area contributed by atoms with Crippen LogP contribution >= 0.6 is 23.1 Å². The van der Waals surface area contributed by atoms with E-state index in [2.05, 4.69) is 10.2 Å². The summed E-state index contributed by atoms with van der Waals surface area (Å²) in [5.41, 5.74) is 1.01. The highest BCUT2D eigenvalue weighted by Crippen LogP contribution is 2.45. The number of non-ortho nitro benzene ring substituents is 1. The zero-order valence-corrected chi connectivity index (χ0v) is 23.1. The van der Waals surface area contributed by atoms with Gasteiger partial charge in [0.15, 0.2) is 15.8 Å². The first-order valence-corrected chi connectivity index (χ1v) is 14.3. The number of carbonyl (C=O) groups excluding carboxylic acids is 2. The number of nitrogens with zero attached hydrogens (tertiary/aromatic N) is 4. The number of carbonyl (C=O) groups is 2. The van der Waals surface area contributed by atoms with Gasteiger partial charge in [0.25, 0.3) is 11.5 Å². The average molecular weight is 607 g/mol. The van der Waals surface area contributed by atoms with Gasteiger partial charge in [-0.05, 0) is 53.6 Å². The second-order valence-electron chi connectivity index (χ2n) is 9.14. The molecule has 1 saturated heterocycles. The van der Waals surface area contributed by atoms with Crippen LogP contribution in [0.1, 0.15) is 22.7 Å². The Labute approximate surface area is 245 Å². The van der Waals surface area contributed by atoms with Crippen molar-refractivity contribution in [3.05, 3.63) is 105 Å². The van der Waals surface area contributed by atoms with E-state index >= 15 is 0 Å². The van der Waals surface area contributed by atoms with Crippen LogP contribution in [0.25, 0.3) is 5.76 Å². The molecule has 212 valence electrons. The number of aromatic nitrogens is 2. The Hall–Kier alpha value is -4.82. The minimum absolute atomic E-state index is 0.100. The van der Waals surface area contributed by atoms with Crippen LogP contribution in [-0.4, -0.2) is 45.1 Å². The number of nitro benzene ring substituents is 1. The maximum absolute atomic E-state index is 13.4. The summed E-state index contributed by atoms with van der Waals surface area (Å²) in [7, 11) is 0. The van der Waals surface area contributed by atoms with Gasteiger partial charge in [0.1, 0.15) is 24.8 Å². The molecule has 4 aromatic rings. The van der Waals surface area contributed by atoms with Gasteiger partial charge in [-0.3, -0.25) is 24.6 Å². The van der Waals surface area contributed by atoms with Crippen molar-refractivity contribution >= 4 is 51.4 Å². The van der Waals surface area contributed by atoms with Crippen molar-refractivity contribution < 1.29 is 33.5 Å². The third-order valence-electron chi connectivity index (χ3n) is 6.56. The lowest BCUT2D eigenvalue weighted by Crippen LogP contribution is -2.29. The van der Waals surface area contributed by atoms with Gasteiger partial charge in [0, 0.05) is 23.4 Å². The van der Waals surface area contributed by atoms with Crippen molar-refractivity contribution in [3.8, 4) is 11.5 Å². The van der Waals surface area contributed by atoms with Crippen molar-refractivity contribution in [2.24, 2.45) is 0 Å². The maximum Gasteiger partial charge on any atom is 0.301 e. The van der Waals surface area contributed by atoms with Crippen LogP contribution in [0.3, 0.4) is 0 Å². The number of halogens is 1. The fraction of sp³-hybridized carbons (Fsp3) is 0.143. The van der Waals surface area contributed by atoms with Gasteiger partial charge < -0.3 is 14.6 Å². The van der Waals surface area contributed by atoms with Gasteiger partial charge in [-0.15, -0.1) is 10.2 Å². The van der Waals surface area contributed by atoms with E-state index in [9.17, 15) is 29.2 Å². The zero-order chi connectivity index (χ0) is 29.4. The van der Waals surface area contributed by atoms with Crippen LogP contribution in [0.5, 0.6) is 11.5 Å². The van der Waals surface area contributed by atoms with E-state index < -0.39 is 28.4 Å². The van der Waals surface area contributed by atoms with Crippen molar-refractivity contribution in [1.29, 1.82) is 0 Å². The second kappa shape index (κ2) is 11.2. The topological polar surface area (TPSA) is 145 Å². The second-order valence-corrected chi connectivity index (χ2v) is 11.3. The summed E-state index contributed by atoms with van der Waals surface area (Å²) in [6, 6.07) is 14.8. The normalized spacial score (nSPS) is 17.5. The summed E-state index contributed by atoms with van der Waals surface area (Å²) >= 11 is 2.38. The van der Waals surface area contributed by atoms with Crippen LogP contribution in [0.2, 0.25) is 0 Å². The molecule has 2 aliphatic heterocycles. The van der Waals surface area contributed by atoms with Crippen LogP contribution < -0.4 is 14.4 Å². The maximum atomic E-state index is 13.4. The van der Waals surface area contributed by atoms with E-state index in [1.165, 1.54) is 60.3 Å². The molecular formula is C28H19FN4O7S2. The lowest BCUT2D eigenvalue weighted by Gasteiger charge is -2.23. The van der Waals surface area contributed by atoms with Gasteiger partial charge in [0.05, 0.1) is 16.5 Å². The number of hydrogen-bond acceptors (Lipinski definition) is 11. The van der Waals surface area contributed by atoms with Crippen molar-refractivity contribution in [2.45, 2.75) is 16.1 Å². The van der Waals surface area contributed by atoms with Crippen molar-refractivity contribution in [2.75, 3.05) is 18.1 Å². The molecule has 3 heterocycles. The summed E-state index contributed by atoms with van der Waals surface area (Å²) in [6.07, 6.45) is 0. The SMILES string of the molecule is O=C1C(=O)N(c2nnc(SCc3ccc(F)cc3)s2)C(c2ccc([N+](=O)[O-])cc2)/C1=C(\O)c1ccc2c(c1)OCCO2. The highest BCUT2D eigenvalue weighted by Gasteiger charge is 2.48. The predicted octanol–water partition coefficient (Wildman–Crippen LogP) is 5.28. The van der Waals surface area contributed by atoms with E-state index in [0.29, 0.717) is 40.4 Å². The fourth-order valence-corrected chi connectivity index (χ4v) is 6.38. The standard InChI is InChI=1S/C28H19FN4O7S2/c29-18-6-1-15(2-7-18)14-41-28-31-30-27(42-28)32-23(16-3-8-19(9-4-16)33(37)38)22(25(35)26(32)36)24(34)17-5-10-20-21(13-17)40-12-11-39-20/h1-10,13,23,34H,11-12,14H2/b24-22+. The Morgan fingerprint density at radius 2 is 1.76 bits per heavy atom. The number of thioether (sulfide) groups is 1. The molecule has 1 atom stereocenters. The smallest absolute Gasteiger partial charge is 0.301 e. The third kappa shape index (κ3) is 5.17. The first-order valence-electron chi connectivity index (χ1n) is 12.5. The van der Waals surface area contributed by atoms with Crippen LogP contribution in [0, 0.1) is 15.9 Å². The number of aliphatic hydroxyl groups is 1. The molecule has 1 fully saturated rings. The molecule has 0 radical (unpaired) electrons. The molecular weight excluding hydrogens is 587 g/mol. The van der Waals surface area contributed by atoms with E-state index in [-0.39, 0.29) is 27.8 Å². The van der Waals surface area contributed by atoms with Crippen molar-refractivity contribution in [3.63, 3.8) is 0 Å². The fourth-order valence-electron chi connectivity index (χ4n) is 4.55. The zero-order valence-electron chi connectivity index (χ0n) is 21.4. The Bertz CT molecular complexity index is 1740. The number of anilines is 1. The van der Waals surface area contributed by atoms with Gasteiger partial charge in [0.2, 0.25) is 5.13 Å². The highest BCUT2D eigenvalue weighted by atomic mass is 32.2. The molecule has 2 aliphatic rings. The Morgan fingerprint density at radius 3 is 2.48 bits per heavy atom. The quantitative estimate of drug-likeness (QED) is 0.0561. The molecule has 11 nitrogen and oxygen atoms in total. The minimum Gasteiger partial charge on any atom is -0.507 e. The molecule has 1 amide bonds. The summed E-state index contributed by atoms with van der Waals surface area (Å²) in [5.74, 6) is -1.39. The number of Topliss-reactive ketones (excluding diaryl/α,β-unsaturated/α-hetero) is 1. The lowest BCUT2D eigenvalue weighted by molar-refractivity contribution is -0.384. The van der Waals surface area contributed by atoms with Crippen molar-refractivity contribution in [1.82, 2.24) is 10.2 Å². The third-order valence-corrected chi connectivity index (χ3v) is 8.68. The molecule has 42 heavy (non-hydrogen) atoms. The molecule has 3 aromatic carbocycles. The Morgan fingerprint density at radius 1 is 1.05 bits per heavy atom. The minimum atomic E-state index is -1.15. The highest BCUT2D eigenvalue weighted by molar-refractivity contribution is 8.00. The number of aliphatic hydroxyl groups excluding tert-OH is 1. The number of ketones is 1. The predicted molar refractivity (Wildman–Crippen MR) is 151 cm³/mol. The number of fused-ring (bicyclic) bond motifs is 1. The molecule has 14 heteroatoms. The van der Waals surface area contributed by atoms with Gasteiger partial charge in [-0.25, -0.2) is 4.39 Å². The molecule has 0 spiro atoms. The van der Waals surface area contributed by atoms with Crippen LogP contribution in [-0.2, 0) is 15.3 Å². The van der Waals surface area contributed by atoms with Crippen LogP contribution in [0.4, 0.5) is 15.2 Å². The summed E-state index contributed by atoms with van der Waals surface area (Å²) in [4.78, 5) is 38.7. The summed E-state index contributed by atoms with van der Waals surface area (Å²) < 4.78 is 24.9. The Balaban J connectivity index is 1.39. The number of amides is 1. The summed E-state index contributed by atoms with van der Waals surface area (Å²) in [6.45, 7) is 0.679. The molecule has 0 bridgehead atoms. The van der Waals surface area contributed by atoms with Crippen LogP contribution in [0.15, 0.2) is 76.6 Å². The molecule has 1 aromatic heterocycles. The van der Waals surface area contributed by atoms with E-state index in [1.54, 1.807) is 18.2 Å².